The zero-order valence-electron chi connectivity index (χ0n) is 26.3. The van der Waals surface area contributed by atoms with Crippen molar-refractivity contribution in [3.05, 3.63) is 40.7 Å². The monoisotopic (exact) mass is 627 g/mol. The lowest BCUT2D eigenvalue weighted by Crippen LogP contribution is -2.37. The number of ether oxygens (including phenoxy) is 1. The van der Waals surface area contributed by atoms with Gasteiger partial charge in [0.2, 0.25) is 5.95 Å². The van der Waals surface area contributed by atoms with Crippen molar-refractivity contribution in [2.45, 2.75) is 96.2 Å². The zero-order valence-corrected chi connectivity index (χ0v) is 27.9. The minimum absolute atomic E-state index is 0.258. The molecule has 2 heterocycles. The summed E-state index contributed by atoms with van der Waals surface area (Å²) in [6, 6.07) is 5.11. The van der Waals surface area contributed by atoms with E-state index in [4.69, 9.17) is 21.3 Å². The smallest absolute Gasteiger partial charge is 0.286 e. The standard InChI is InChI=1S/C32H46ClN7O2S/c1-7-40(8-2)23-11-9-22(10-12-23)25-16-29(42-24-13-14-24)27(15-21(25)5)36-32-34-17-26(33)30(37-32)35-28-18-39(6)38-31(28)43(41)19-20(3)4/h15-18,20,22-24H,7-14,19H2,1-6H3,(H2,34,35,36,37)/t22-,23+,43?. The van der Waals surface area contributed by atoms with E-state index in [1.165, 1.54) is 36.8 Å². The SMILES string of the molecule is CCN(CC)[C@H]1CC[C@@H](c2cc(OC3CC3)c(Nc3ncc(Cl)c(Nc4cn(C)nc4[S+]([O-])CC(C)C)n3)cc2C)CC1. The van der Waals surface area contributed by atoms with Crippen LogP contribution in [0.2, 0.25) is 5.02 Å². The van der Waals surface area contributed by atoms with E-state index in [2.05, 4.69) is 58.5 Å². The highest BCUT2D eigenvalue weighted by molar-refractivity contribution is 7.91. The summed E-state index contributed by atoms with van der Waals surface area (Å²) in [6.07, 6.45) is 10.6. The van der Waals surface area contributed by atoms with Crippen LogP contribution in [0.5, 0.6) is 5.75 Å². The molecule has 0 spiro atoms. The summed E-state index contributed by atoms with van der Waals surface area (Å²) in [4.78, 5) is 11.8. The maximum atomic E-state index is 13.0. The molecule has 0 bridgehead atoms. The second-order valence-corrected chi connectivity index (χ2v) is 14.1. The fourth-order valence-electron chi connectivity index (χ4n) is 6.06. The molecule has 2 saturated carbocycles. The van der Waals surface area contributed by atoms with Crippen molar-refractivity contribution < 1.29 is 9.29 Å². The van der Waals surface area contributed by atoms with E-state index >= 15 is 0 Å². The summed E-state index contributed by atoms with van der Waals surface area (Å²) in [7, 11) is 1.81. The Balaban J connectivity index is 1.36. The predicted octanol–water partition coefficient (Wildman–Crippen LogP) is 7.33. The molecule has 1 atom stereocenters. The van der Waals surface area contributed by atoms with Crippen molar-refractivity contribution in [1.82, 2.24) is 24.6 Å². The topological polar surface area (TPSA) is 103 Å². The number of hydrogen-bond donors (Lipinski definition) is 2. The molecule has 3 aromatic rings. The highest BCUT2D eigenvalue weighted by Gasteiger charge is 2.29. The molecule has 1 unspecified atom stereocenters. The number of nitrogens with one attached hydrogen (secondary N) is 2. The normalized spacial score (nSPS) is 19.6. The lowest BCUT2D eigenvalue weighted by Gasteiger charge is -2.36. The summed E-state index contributed by atoms with van der Waals surface area (Å²) < 4.78 is 21.0. The Morgan fingerprint density at radius 1 is 1.09 bits per heavy atom. The molecule has 0 radical (unpaired) electrons. The number of halogens is 1. The summed E-state index contributed by atoms with van der Waals surface area (Å²) in [5.74, 6) is 3.00. The number of aromatic nitrogens is 4. The van der Waals surface area contributed by atoms with Gasteiger partial charge in [0, 0.05) is 24.3 Å². The summed E-state index contributed by atoms with van der Waals surface area (Å²) in [5, 5.41) is 11.9. The van der Waals surface area contributed by atoms with Crippen LogP contribution in [0.25, 0.3) is 0 Å². The molecule has 0 aliphatic heterocycles. The molecule has 2 aromatic heterocycles. The van der Waals surface area contributed by atoms with Crippen LogP contribution in [-0.4, -0.2) is 60.2 Å². The highest BCUT2D eigenvalue weighted by Crippen LogP contribution is 2.42. The van der Waals surface area contributed by atoms with E-state index in [1.807, 2.05) is 13.8 Å². The van der Waals surface area contributed by atoms with Crippen LogP contribution < -0.4 is 15.4 Å². The predicted molar refractivity (Wildman–Crippen MR) is 176 cm³/mol. The van der Waals surface area contributed by atoms with Crippen LogP contribution >= 0.6 is 11.6 Å². The number of anilines is 4. The average molecular weight is 628 g/mol. The minimum Gasteiger partial charge on any atom is -0.610 e. The molecule has 2 aliphatic carbocycles. The molecule has 5 rings (SSSR count). The van der Waals surface area contributed by atoms with Gasteiger partial charge in [0.25, 0.3) is 5.03 Å². The van der Waals surface area contributed by atoms with E-state index in [1.54, 1.807) is 24.1 Å². The van der Waals surface area contributed by atoms with Gasteiger partial charge in [0.15, 0.2) is 5.82 Å². The summed E-state index contributed by atoms with van der Waals surface area (Å²) in [5.41, 5.74) is 4.09. The first-order valence-corrected chi connectivity index (χ1v) is 17.4. The molecular formula is C32H46ClN7O2S. The van der Waals surface area contributed by atoms with Gasteiger partial charge in [0.1, 0.15) is 22.2 Å². The second-order valence-electron chi connectivity index (χ2n) is 12.3. The maximum absolute atomic E-state index is 13.0. The van der Waals surface area contributed by atoms with Crippen LogP contribution in [0.4, 0.5) is 23.1 Å². The Bertz CT molecular complexity index is 1380. The van der Waals surface area contributed by atoms with Crippen molar-refractivity contribution >= 4 is 45.9 Å². The van der Waals surface area contributed by atoms with E-state index < -0.39 is 11.2 Å². The molecule has 1 aromatic carbocycles. The number of benzene rings is 1. The molecule has 9 nitrogen and oxygen atoms in total. The third kappa shape index (κ3) is 7.95. The van der Waals surface area contributed by atoms with Crippen molar-refractivity contribution in [3.63, 3.8) is 0 Å². The first-order valence-electron chi connectivity index (χ1n) is 15.7. The molecule has 11 heteroatoms. The van der Waals surface area contributed by atoms with Crippen LogP contribution in [0.3, 0.4) is 0 Å². The lowest BCUT2D eigenvalue weighted by molar-refractivity contribution is 0.163. The van der Waals surface area contributed by atoms with Crippen molar-refractivity contribution in [3.8, 4) is 5.75 Å². The van der Waals surface area contributed by atoms with Crippen LogP contribution in [-0.2, 0) is 18.2 Å². The Hall–Kier alpha value is -2.53. The zero-order chi connectivity index (χ0) is 30.7. The van der Waals surface area contributed by atoms with Crippen molar-refractivity contribution in [2.75, 3.05) is 29.5 Å². The molecule has 2 N–H and O–H groups in total. The Morgan fingerprint density at radius 3 is 2.47 bits per heavy atom. The van der Waals surface area contributed by atoms with Crippen LogP contribution in [0.1, 0.15) is 83.3 Å². The van der Waals surface area contributed by atoms with Crippen molar-refractivity contribution in [1.29, 1.82) is 0 Å². The van der Waals surface area contributed by atoms with E-state index in [-0.39, 0.29) is 12.0 Å². The van der Waals surface area contributed by atoms with Gasteiger partial charge in [-0.2, -0.15) is 4.98 Å². The average Bonchev–Trinajstić information content (AvgIpc) is 3.71. The third-order valence-corrected chi connectivity index (χ3v) is 10.4. The summed E-state index contributed by atoms with van der Waals surface area (Å²) >= 11 is 5.26. The molecule has 43 heavy (non-hydrogen) atoms. The van der Waals surface area contributed by atoms with Gasteiger partial charge in [-0.3, -0.25) is 4.68 Å². The number of hydrogen-bond acceptors (Lipinski definition) is 8. The van der Waals surface area contributed by atoms with Crippen molar-refractivity contribution in [2.24, 2.45) is 13.0 Å². The maximum Gasteiger partial charge on any atom is 0.286 e. The van der Waals surface area contributed by atoms with E-state index in [0.29, 0.717) is 45.2 Å². The molecule has 2 fully saturated rings. The fraction of sp³-hybridized carbons (Fsp3) is 0.594. The number of rotatable bonds is 13. The largest absolute Gasteiger partial charge is 0.610 e. The third-order valence-electron chi connectivity index (χ3n) is 8.39. The molecule has 2 aliphatic rings. The molecule has 234 valence electrons. The van der Waals surface area contributed by atoms with Crippen LogP contribution in [0.15, 0.2) is 29.6 Å². The van der Waals surface area contributed by atoms with Gasteiger partial charge in [-0.05, 0) is 93.6 Å². The Kier molecular flexibility index (Phi) is 10.4. The van der Waals surface area contributed by atoms with Gasteiger partial charge in [-0.1, -0.05) is 39.3 Å². The molecule has 0 amide bonds. The van der Waals surface area contributed by atoms with Gasteiger partial charge in [-0.15, -0.1) is 5.10 Å². The lowest BCUT2D eigenvalue weighted by atomic mass is 9.79. The van der Waals surface area contributed by atoms with Gasteiger partial charge in [0.05, 0.1) is 24.2 Å². The van der Waals surface area contributed by atoms with E-state index in [0.717, 1.165) is 37.4 Å². The number of nitrogens with zero attached hydrogens (tertiary/aromatic N) is 5. The van der Waals surface area contributed by atoms with Gasteiger partial charge >= 0.3 is 0 Å². The molecule has 0 saturated heterocycles. The fourth-order valence-corrected chi connectivity index (χ4v) is 7.53. The second kappa shape index (κ2) is 14.1. The summed E-state index contributed by atoms with van der Waals surface area (Å²) in [6.45, 7) is 13.0. The highest BCUT2D eigenvalue weighted by atomic mass is 35.5. The molecular weight excluding hydrogens is 582 g/mol. The van der Waals surface area contributed by atoms with E-state index in [9.17, 15) is 4.55 Å². The minimum atomic E-state index is -1.25. The number of aryl methyl sites for hydroxylation is 2. The Labute approximate surface area is 264 Å². The first-order chi connectivity index (χ1) is 20.6. The Morgan fingerprint density at radius 2 is 1.81 bits per heavy atom. The quantitative estimate of drug-likeness (QED) is 0.190. The van der Waals surface area contributed by atoms with Crippen LogP contribution in [0, 0.1) is 12.8 Å². The van der Waals surface area contributed by atoms with Gasteiger partial charge < -0.3 is 24.8 Å². The van der Waals surface area contributed by atoms with Gasteiger partial charge in [-0.25, -0.2) is 4.98 Å². The first kappa shape index (κ1) is 31.9.